The summed E-state index contributed by atoms with van der Waals surface area (Å²) in [5, 5.41) is 11.2. The molecule has 2 amide bonds. The van der Waals surface area contributed by atoms with E-state index in [0.717, 1.165) is 12.1 Å². The molecule has 0 aromatic heterocycles. The quantitative estimate of drug-likeness (QED) is 0.807. The lowest BCUT2D eigenvalue weighted by Gasteiger charge is -2.16. The van der Waals surface area contributed by atoms with Gasteiger partial charge < -0.3 is 15.3 Å². The third-order valence-corrected chi connectivity index (χ3v) is 2.20. The van der Waals surface area contributed by atoms with Crippen LogP contribution in [0.15, 0.2) is 30.9 Å². The topological polar surface area (TPSA) is 69.6 Å². The summed E-state index contributed by atoms with van der Waals surface area (Å²) in [6, 6.07) is 2.92. The Morgan fingerprint density at radius 2 is 2.22 bits per heavy atom. The molecule has 0 heterocycles. The number of carbonyl (C=O) groups excluding carboxylic acids is 1. The van der Waals surface area contributed by atoms with Gasteiger partial charge in [0, 0.05) is 19.3 Å². The molecule has 1 rings (SSSR count). The highest BCUT2D eigenvalue weighted by Gasteiger charge is 2.13. The van der Waals surface area contributed by atoms with Crippen LogP contribution in [0.25, 0.3) is 0 Å². The highest BCUT2D eigenvalue weighted by molar-refractivity contribution is 5.93. The van der Waals surface area contributed by atoms with Crippen molar-refractivity contribution in [3.05, 3.63) is 42.2 Å². The number of carboxylic acid groups (broad SMARTS) is 1. The molecule has 18 heavy (non-hydrogen) atoms. The zero-order chi connectivity index (χ0) is 13.7. The number of anilines is 1. The van der Waals surface area contributed by atoms with Crippen molar-refractivity contribution in [2.75, 3.05) is 18.9 Å². The van der Waals surface area contributed by atoms with E-state index in [1.165, 1.54) is 11.0 Å². The van der Waals surface area contributed by atoms with Crippen LogP contribution < -0.4 is 5.32 Å². The molecular weight excluding hydrogens is 239 g/mol. The van der Waals surface area contributed by atoms with Crippen LogP contribution in [0, 0.1) is 5.82 Å². The lowest BCUT2D eigenvalue weighted by atomic mass is 10.2. The third kappa shape index (κ3) is 3.31. The molecule has 1 aromatic rings. The van der Waals surface area contributed by atoms with Crippen LogP contribution >= 0.6 is 0 Å². The third-order valence-electron chi connectivity index (χ3n) is 2.20. The van der Waals surface area contributed by atoms with Crippen LogP contribution in [-0.4, -0.2) is 35.6 Å². The molecule has 0 unspecified atom stereocenters. The van der Waals surface area contributed by atoms with Crippen molar-refractivity contribution in [3.63, 3.8) is 0 Å². The summed E-state index contributed by atoms with van der Waals surface area (Å²) in [7, 11) is 1.55. The van der Waals surface area contributed by atoms with Crippen molar-refractivity contribution in [1.29, 1.82) is 0 Å². The molecule has 0 aliphatic carbocycles. The molecule has 5 nitrogen and oxygen atoms in total. The Hall–Kier alpha value is -2.37. The summed E-state index contributed by atoms with van der Waals surface area (Å²) in [6.07, 6.45) is 1.55. The monoisotopic (exact) mass is 252 g/mol. The smallest absolute Gasteiger partial charge is 0.338 e. The highest BCUT2D eigenvalue weighted by atomic mass is 19.1. The number of benzene rings is 1. The number of nitrogens with zero attached hydrogens (tertiary/aromatic N) is 1. The normalized spacial score (nSPS) is 9.67. The maximum atomic E-state index is 13.1. The standard InChI is InChI=1S/C12H13FN2O3/c1-3-6-15(2)12(18)14-8-4-5-10(13)9(7-8)11(16)17/h3-5,7H,1,6H2,2H3,(H,14,18)(H,16,17). The maximum absolute atomic E-state index is 13.1. The molecule has 1 aromatic carbocycles. The number of likely N-dealkylation sites (N-methyl/N-ethyl adjacent to an activating group) is 1. The summed E-state index contributed by atoms with van der Waals surface area (Å²) >= 11 is 0. The Kier molecular flexibility index (Phi) is 4.42. The largest absolute Gasteiger partial charge is 0.478 e. The minimum atomic E-state index is -1.39. The number of aromatic carboxylic acids is 1. The molecule has 0 saturated heterocycles. The number of carbonyl (C=O) groups is 2. The van der Waals surface area contributed by atoms with Crippen LogP contribution in [0.4, 0.5) is 14.9 Å². The SMILES string of the molecule is C=CCN(C)C(=O)Nc1ccc(F)c(C(=O)O)c1. The molecule has 0 bridgehead atoms. The zero-order valence-electron chi connectivity index (χ0n) is 9.81. The van der Waals surface area contributed by atoms with Crippen molar-refractivity contribution in [2.24, 2.45) is 0 Å². The lowest BCUT2D eigenvalue weighted by molar-refractivity contribution is 0.0692. The fraction of sp³-hybridized carbons (Fsp3) is 0.167. The van der Waals surface area contributed by atoms with Crippen LogP contribution in [0.2, 0.25) is 0 Å². The summed E-state index contributed by atoms with van der Waals surface area (Å²) < 4.78 is 13.1. The van der Waals surface area contributed by atoms with E-state index < -0.39 is 23.4 Å². The first-order chi connectivity index (χ1) is 8.45. The molecule has 96 valence electrons. The fourth-order valence-corrected chi connectivity index (χ4v) is 1.26. The van der Waals surface area contributed by atoms with Gasteiger partial charge >= 0.3 is 12.0 Å². The van der Waals surface area contributed by atoms with Gasteiger partial charge in [0.05, 0.1) is 5.56 Å². The highest BCUT2D eigenvalue weighted by Crippen LogP contribution is 2.15. The first kappa shape index (κ1) is 13.7. The van der Waals surface area contributed by atoms with Gasteiger partial charge in [0.2, 0.25) is 0 Å². The summed E-state index contributed by atoms with van der Waals surface area (Å²) in [5.74, 6) is -2.23. The summed E-state index contributed by atoms with van der Waals surface area (Å²) in [4.78, 5) is 23.7. The van der Waals surface area contributed by atoms with E-state index in [2.05, 4.69) is 11.9 Å². The maximum Gasteiger partial charge on any atom is 0.338 e. The number of urea groups is 1. The van der Waals surface area contributed by atoms with Crippen LogP contribution in [0.5, 0.6) is 0 Å². The van der Waals surface area contributed by atoms with E-state index in [0.29, 0.717) is 6.54 Å². The molecule has 0 aliphatic heterocycles. The van der Waals surface area contributed by atoms with E-state index in [1.54, 1.807) is 13.1 Å². The van der Waals surface area contributed by atoms with Gasteiger partial charge in [0.15, 0.2) is 0 Å². The van der Waals surface area contributed by atoms with E-state index in [4.69, 9.17) is 5.11 Å². The number of rotatable bonds is 4. The number of hydrogen-bond acceptors (Lipinski definition) is 2. The zero-order valence-corrected chi connectivity index (χ0v) is 9.81. The van der Waals surface area contributed by atoms with Crippen molar-refractivity contribution >= 4 is 17.7 Å². The van der Waals surface area contributed by atoms with Gasteiger partial charge in [-0.05, 0) is 18.2 Å². The Morgan fingerprint density at radius 1 is 1.56 bits per heavy atom. The van der Waals surface area contributed by atoms with Gasteiger partial charge in [-0.3, -0.25) is 0 Å². The minimum Gasteiger partial charge on any atom is -0.478 e. The van der Waals surface area contributed by atoms with Crippen LogP contribution in [0.1, 0.15) is 10.4 Å². The van der Waals surface area contributed by atoms with Gasteiger partial charge in [0.1, 0.15) is 5.82 Å². The lowest BCUT2D eigenvalue weighted by Crippen LogP contribution is -2.31. The number of halogens is 1. The summed E-state index contributed by atoms with van der Waals surface area (Å²) in [5.41, 5.74) is -0.270. The first-order valence-corrected chi connectivity index (χ1v) is 5.11. The van der Waals surface area contributed by atoms with Crippen LogP contribution in [-0.2, 0) is 0 Å². The van der Waals surface area contributed by atoms with Gasteiger partial charge in [-0.1, -0.05) is 6.08 Å². The van der Waals surface area contributed by atoms with Crippen molar-refractivity contribution in [2.45, 2.75) is 0 Å². The Morgan fingerprint density at radius 3 is 2.78 bits per heavy atom. The average Bonchev–Trinajstić information content (AvgIpc) is 2.31. The summed E-state index contributed by atoms with van der Waals surface area (Å²) in [6.45, 7) is 3.84. The predicted molar refractivity (Wildman–Crippen MR) is 65.2 cm³/mol. The Balaban J connectivity index is 2.85. The van der Waals surface area contributed by atoms with E-state index in [-0.39, 0.29) is 5.69 Å². The molecule has 6 heteroatoms. The van der Waals surface area contributed by atoms with E-state index in [9.17, 15) is 14.0 Å². The van der Waals surface area contributed by atoms with Gasteiger partial charge in [-0.2, -0.15) is 0 Å². The van der Waals surface area contributed by atoms with Crippen LogP contribution in [0.3, 0.4) is 0 Å². The van der Waals surface area contributed by atoms with Crippen molar-refractivity contribution in [1.82, 2.24) is 4.90 Å². The number of carboxylic acids is 1. The van der Waals surface area contributed by atoms with Gasteiger partial charge in [-0.25, -0.2) is 14.0 Å². The number of hydrogen-bond donors (Lipinski definition) is 2. The van der Waals surface area contributed by atoms with Crippen molar-refractivity contribution in [3.8, 4) is 0 Å². The first-order valence-electron chi connectivity index (χ1n) is 5.11. The van der Waals surface area contributed by atoms with Gasteiger partial charge in [0.25, 0.3) is 0 Å². The van der Waals surface area contributed by atoms with E-state index >= 15 is 0 Å². The molecule has 0 atom stereocenters. The number of nitrogens with one attached hydrogen (secondary N) is 1. The predicted octanol–water partition coefficient (Wildman–Crippen LogP) is 2.17. The Bertz CT molecular complexity index is 488. The molecule has 0 spiro atoms. The van der Waals surface area contributed by atoms with Gasteiger partial charge in [-0.15, -0.1) is 6.58 Å². The molecule has 0 aliphatic rings. The molecule has 0 fully saturated rings. The fourth-order valence-electron chi connectivity index (χ4n) is 1.26. The average molecular weight is 252 g/mol. The molecule has 0 saturated carbocycles. The minimum absolute atomic E-state index is 0.217. The van der Waals surface area contributed by atoms with E-state index in [1.807, 2.05) is 0 Å². The second kappa shape index (κ2) is 5.81. The Labute approximate surface area is 104 Å². The second-order valence-corrected chi connectivity index (χ2v) is 3.60. The molecule has 0 radical (unpaired) electrons. The second-order valence-electron chi connectivity index (χ2n) is 3.60. The van der Waals surface area contributed by atoms with Crippen molar-refractivity contribution < 1.29 is 19.1 Å². The number of amides is 2. The molecular formula is C12H13FN2O3. The molecule has 2 N–H and O–H groups in total.